The fraction of sp³-hybridized carbons (Fsp3) is 0.412. The zero-order valence-electron chi connectivity index (χ0n) is 11.4. The van der Waals surface area contributed by atoms with E-state index in [9.17, 15) is 0 Å². The quantitative estimate of drug-likeness (QED) is 0.733. The Morgan fingerprint density at radius 3 is 2.83 bits per heavy atom. The van der Waals surface area contributed by atoms with Crippen LogP contribution in [0.4, 0.5) is 0 Å². The molecule has 0 aliphatic heterocycles. The van der Waals surface area contributed by atoms with E-state index in [-0.39, 0.29) is 0 Å². The Bertz CT molecular complexity index is 455. The van der Waals surface area contributed by atoms with Gasteiger partial charge in [0.15, 0.2) is 0 Å². The maximum Gasteiger partial charge on any atom is 0.122 e. The first-order chi connectivity index (χ1) is 8.79. The summed E-state index contributed by atoms with van der Waals surface area (Å²) in [5.74, 6) is 1.05. The SMILES string of the molecule is CCc1ccc(C)cc1OCCC1=CCCC=C1. The number of benzene rings is 1. The molecule has 0 fully saturated rings. The largest absolute Gasteiger partial charge is 0.493 e. The van der Waals surface area contributed by atoms with Gasteiger partial charge in [-0.3, -0.25) is 0 Å². The van der Waals surface area contributed by atoms with Gasteiger partial charge >= 0.3 is 0 Å². The molecule has 0 bridgehead atoms. The Morgan fingerprint density at radius 2 is 2.11 bits per heavy atom. The first-order valence-electron chi connectivity index (χ1n) is 6.87. The second kappa shape index (κ2) is 6.44. The highest BCUT2D eigenvalue weighted by Gasteiger charge is 2.03. The summed E-state index contributed by atoms with van der Waals surface area (Å²) in [5.41, 5.74) is 3.97. The van der Waals surface area contributed by atoms with Crippen LogP contribution in [0.15, 0.2) is 42.0 Å². The van der Waals surface area contributed by atoms with Crippen LogP contribution in [0.5, 0.6) is 5.75 Å². The van der Waals surface area contributed by atoms with Crippen molar-refractivity contribution in [3.8, 4) is 5.75 Å². The molecule has 0 saturated heterocycles. The summed E-state index contributed by atoms with van der Waals surface area (Å²) in [4.78, 5) is 0. The standard InChI is InChI=1S/C17H22O/c1-3-16-10-9-14(2)13-17(16)18-12-11-15-7-5-4-6-8-15/h5,7-10,13H,3-4,6,11-12H2,1-2H3. The molecule has 0 spiro atoms. The number of aryl methyl sites for hydroxylation is 2. The predicted molar refractivity (Wildman–Crippen MR) is 77.1 cm³/mol. The van der Waals surface area contributed by atoms with E-state index in [0.717, 1.165) is 25.2 Å². The van der Waals surface area contributed by atoms with Gasteiger partial charge in [0.05, 0.1) is 6.61 Å². The third-order valence-corrected chi connectivity index (χ3v) is 3.32. The topological polar surface area (TPSA) is 9.23 Å². The lowest BCUT2D eigenvalue weighted by atomic mass is 10.0. The van der Waals surface area contributed by atoms with Crippen molar-refractivity contribution in [1.29, 1.82) is 0 Å². The van der Waals surface area contributed by atoms with Gasteiger partial charge in [-0.05, 0) is 49.0 Å². The molecule has 1 aliphatic carbocycles. The van der Waals surface area contributed by atoms with Crippen molar-refractivity contribution < 1.29 is 4.74 Å². The number of rotatable bonds is 5. The first kappa shape index (κ1) is 12.9. The van der Waals surface area contributed by atoms with Crippen molar-refractivity contribution in [2.24, 2.45) is 0 Å². The fourth-order valence-corrected chi connectivity index (χ4v) is 2.22. The molecule has 1 heteroatoms. The molecule has 1 nitrogen and oxygen atoms in total. The van der Waals surface area contributed by atoms with Crippen LogP contribution in [0.25, 0.3) is 0 Å². The van der Waals surface area contributed by atoms with Crippen LogP contribution in [0.2, 0.25) is 0 Å². The van der Waals surface area contributed by atoms with E-state index in [1.165, 1.54) is 29.5 Å². The van der Waals surface area contributed by atoms with Crippen LogP contribution in [-0.2, 0) is 6.42 Å². The second-order valence-corrected chi connectivity index (χ2v) is 4.82. The minimum Gasteiger partial charge on any atom is -0.493 e. The van der Waals surface area contributed by atoms with Gasteiger partial charge in [-0.1, -0.05) is 37.3 Å². The predicted octanol–water partition coefficient (Wildman–Crippen LogP) is 4.60. The van der Waals surface area contributed by atoms with Crippen LogP contribution in [0.3, 0.4) is 0 Å². The molecule has 18 heavy (non-hydrogen) atoms. The monoisotopic (exact) mass is 242 g/mol. The van der Waals surface area contributed by atoms with E-state index in [4.69, 9.17) is 4.74 Å². The Kier molecular flexibility index (Phi) is 4.63. The van der Waals surface area contributed by atoms with E-state index in [0.29, 0.717) is 0 Å². The zero-order chi connectivity index (χ0) is 12.8. The smallest absolute Gasteiger partial charge is 0.122 e. The van der Waals surface area contributed by atoms with Gasteiger partial charge in [0.25, 0.3) is 0 Å². The van der Waals surface area contributed by atoms with Crippen molar-refractivity contribution in [2.75, 3.05) is 6.61 Å². The summed E-state index contributed by atoms with van der Waals surface area (Å²) in [7, 11) is 0. The molecule has 1 aromatic rings. The minimum atomic E-state index is 0.770. The van der Waals surface area contributed by atoms with Crippen molar-refractivity contribution in [3.05, 3.63) is 53.1 Å². The average molecular weight is 242 g/mol. The second-order valence-electron chi connectivity index (χ2n) is 4.82. The van der Waals surface area contributed by atoms with Crippen molar-refractivity contribution in [1.82, 2.24) is 0 Å². The number of hydrogen-bond donors (Lipinski definition) is 0. The average Bonchev–Trinajstić information content (AvgIpc) is 2.40. The van der Waals surface area contributed by atoms with Crippen LogP contribution in [0, 0.1) is 6.92 Å². The van der Waals surface area contributed by atoms with Crippen molar-refractivity contribution in [3.63, 3.8) is 0 Å². The maximum atomic E-state index is 5.94. The van der Waals surface area contributed by atoms with Crippen LogP contribution in [-0.4, -0.2) is 6.61 Å². The molecule has 1 aliphatic rings. The molecule has 0 saturated carbocycles. The highest BCUT2D eigenvalue weighted by Crippen LogP contribution is 2.22. The Morgan fingerprint density at radius 1 is 1.22 bits per heavy atom. The molecule has 1 aromatic carbocycles. The number of hydrogen-bond acceptors (Lipinski definition) is 1. The van der Waals surface area contributed by atoms with Crippen LogP contribution >= 0.6 is 0 Å². The van der Waals surface area contributed by atoms with Crippen LogP contribution < -0.4 is 4.74 Å². The van der Waals surface area contributed by atoms with E-state index in [1.54, 1.807) is 0 Å². The van der Waals surface area contributed by atoms with E-state index < -0.39 is 0 Å². The molecule has 2 rings (SSSR count). The van der Waals surface area contributed by atoms with Crippen molar-refractivity contribution in [2.45, 2.75) is 39.5 Å². The van der Waals surface area contributed by atoms with Gasteiger partial charge < -0.3 is 4.74 Å². The normalized spacial score (nSPS) is 14.4. The fourth-order valence-electron chi connectivity index (χ4n) is 2.22. The maximum absolute atomic E-state index is 5.94. The summed E-state index contributed by atoms with van der Waals surface area (Å²) >= 11 is 0. The van der Waals surface area contributed by atoms with E-state index >= 15 is 0 Å². The highest BCUT2D eigenvalue weighted by molar-refractivity contribution is 5.37. The molecular weight excluding hydrogens is 220 g/mol. The summed E-state index contributed by atoms with van der Waals surface area (Å²) in [6, 6.07) is 6.46. The van der Waals surface area contributed by atoms with Crippen LogP contribution in [0.1, 0.15) is 37.3 Å². The first-order valence-corrected chi connectivity index (χ1v) is 6.87. The van der Waals surface area contributed by atoms with Crippen molar-refractivity contribution >= 4 is 0 Å². The van der Waals surface area contributed by atoms with Gasteiger partial charge in [-0.15, -0.1) is 0 Å². The lowest BCUT2D eigenvalue weighted by molar-refractivity contribution is 0.319. The Labute approximate surface area is 110 Å². The molecule has 0 unspecified atom stereocenters. The summed E-state index contributed by atoms with van der Waals surface area (Å²) in [6.45, 7) is 5.05. The van der Waals surface area contributed by atoms with E-state index in [1.807, 2.05) is 0 Å². The molecule has 0 amide bonds. The van der Waals surface area contributed by atoms with Gasteiger partial charge in [0.1, 0.15) is 5.75 Å². The molecule has 0 atom stereocenters. The molecule has 0 N–H and O–H groups in total. The summed E-state index contributed by atoms with van der Waals surface area (Å²) in [5, 5.41) is 0. The summed E-state index contributed by atoms with van der Waals surface area (Å²) in [6.07, 6.45) is 11.2. The highest BCUT2D eigenvalue weighted by atomic mass is 16.5. The van der Waals surface area contributed by atoms with Gasteiger partial charge in [-0.2, -0.15) is 0 Å². The third kappa shape index (κ3) is 3.49. The minimum absolute atomic E-state index is 0.770. The molecule has 96 valence electrons. The van der Waals surface area contributed by atoms with E-state index in [2.05, 4.69) is 50.3 Å². The third-order valence-electron chi connectivity index (χ3n) is 3.32. The zero-order valence-corrected chi connectivity index (χ0v) is 11.4. The molecular formula is C17H22O. The number of ether oxygens (including phenoxy) is 1. The van der Waals surface area contributed by atoms with Gasteiger partial charge in [-0.25, -0.2) is 0 Å². The lowest BCUT2D eigenvalue weighted by Crippen LogP contribution is -2.02. The van der Waals surface area contributed by atoms with Gasteiger partial charge in [0, 0.05) is 6.42 Å². The van der Waals surface area contributed by atoms with Gasteiger partial charge in [0.2, 0.25) is 0 Å². The Balaban J connectivity index is 1.91. The summed E-state index contributed by atoms with van der Waals surface area (Å²) < 4.78 is 5.94. The number of allylic oxidation sites excluding steroid dienone is 3. The molecule has 0 radical (unpaired) electrons. The molecule has 0 heterocycles. The lowest BCUT2D eigenvalue weighted by Gasteiger charge is -2.12. The Hall–Kier alpha value is -1.50. The molecule has 0 aromatic heterocycles.